The molecular formula is C15H32N2OS. The Hall–Kier alpha value is -0.350. The first-order valence-corrected chi connectivity index (χ1v) is 8.22. The predicted molar refractivity (Wildman–Crippen MR) is 87.7 cm³/mol. The topological polar surface area (TPSA) is 33.3 Å². The second-order valence-corrected chi connectivity index (χ2v) is 5.41. The van der Waals surface area contributed by atoms with Crippen LogP contribution in [-0.2, 0) is 4.74 Å². The molecule has 3 nitrogen and oxygen atoms in total. The van der Waals surface area contributed by atoms with Gasteiger partial charge in [0.2, 0.25) is 0 Å². The number of nitrogens with one attached hydrogen (secondary N) is 2. The van der Waals surface area contributed by atoms with Crippen LogP contribution in [0.5, 0.6) is 0 Å². The van der Waals surface area contributed by atoms with E-state index in [-0.39, 0.29) is 0 Å². The number of methoxy groups -OCH3 is 1. The molecule has 0 amide bonds. The Morgan fingerprint density at radius 1 is 0.842 bits per heavy atom. The van der Waals surface area contributed by atoms with Gasteiger partial charge in [-0.3, -0.25) is 0 Å². The Kier molecular flexibility index (Phi) is 15.4. The summed E-state index contributed by atoms with van der Waals surface area (Å²) in [4.78, 5) is 0. The third-order valence-electron chi connectivity index (χ3n) is 3.13. The van der Waals surface area contributed by atoms with E-state index < -0.39 is 0 Å². The molecule has 0 spiro atoms. The lowest BCUT2D eigenvalue weighted by Gasteiger charge is -2.10. The molecule has 0 aliphatic carbocycles. The van der Waals surface area contributed by atoms with Crippen molar-refractivity contribution in [3.05, 3.63) is 0 Å². The maximum Gasteiger partial charge on any atom is 0.166 e. The quantitative estimate of drug-likeness (QED) is 0.400. The van der Waals surface area contributed by atoms with Crippen LogP contribution in [0.25, 0.3) is 0 Å². The lowest BCUT2D eigenvalue weighted by Crippen LogP contribution is -2.36. The summed E-state index contributed by atoms with van der Waals surface area (Å²) in [7, 11) is 1.72. The Balaban J connectivity index is 3.10. The average molecular weight is 289 g/mol. The van der Waals surface area contributed by atoms with Crippen LogP contribution in [-0.4, -0.2) is 31.9 Å². The molecule has 0 saturated carbocycles. The van der Waals surface area contributed by atoms with Crippen molar-refractivity contribution in [2.24, 2.45) is 0 Å². The fourth-order valence-electron chi connectivity index (χ4n) is 1.94. The third kappa shape index (κ3) is 15.6. The summed E-state index contributed by atoms with van der Waals surface area (Å²) in [5.41, 5.74) is 0. The molecule has 0 saturated heterocycles. The van der Waals surface area contributed by atoms with Crippen molar-refractivity contribution in [2.45, 2.75) is 64.7 Å². The summed E-state index contributed by atoms with van der Waals surface area (Å²) in [5.74, 6) is 0. The van der Waals surface area contributed by atoms with Gasteiger partial charge in [-0.2, -0.15) is 0 Å². The van der Waals surface area contributed by atoms with Crippen molar-refractivity contribution in [1.29, 1.82) is 0 Å². The number of rotatable bonds is 13. The number of hydrogen-bond donors (Lipinski definition) is 2. The van der Waals surface area contributed by atoms with Gasteiger partial charge in [-0.05, 0) is 25.1 Å². The van der Waals surface area contributed by atoms with Gasteiger partial charge in [-0.25, -0.2) is 0 Å². The molecule has 0 fully saturated rings. The van der Waals surface area contributed by atoms with Gasteiger partial charge in [-0.1, -0.05) is 51.9 Å². The third-order valence-corrected chi connectivity index (χ3v) is 3.42. The van der Waals surface area contributed by atoms with Crippen molar-refractivity contribution in [3.63, 3.8) is 0 Å². The first-order chi connectivity index (χ1) is 9.31. The van der Waals surface area contributed by atoms with Gasteiger partial charge in [0.25, 0.3) is 0 Å². The van der Waals surface area contributed by atoms with Crippen LogP contribution >= 0.6 is 12.2 Å². The summed E-state index contributed by atoms with van der Waals surface area (Å²) in [6, 6.07) is 0. The second-order valence-electron chi connectivity index (χ2n) is 5.00. The van der Waals surface area contributed by atoms with E-state index >= 15 is 0 Å². The number of thiocarbonyl (C=S) groups is 1. The fourth-order valence-corrected chi connectivity index (χ4v) is 2.15. The average Bonchev–Trinajstić information content (AvgIpc) is 2.42. The van der Waals surface area contributed by atoms with E-state index in [1.807, 2.05) is 0 Å². The van der Waals surface area contributed by atoms with Crippen molar-refractivity contribution in [1.82, 2.24) is 10.6 Å². The summed E-state index contributed by atoms with van der Waals surface area (Å²) in [5, 5.41) is 7.21. The van der Waals surface area contributed by atoms with Crippen LogP contribution in [0, 0.1) is 0 Å². The second kappa shape index (κ2) is 15.7. The van der Waals surface area contributed by atoms with Crippen LogP contribution in [0.15, 0.2) is 0 Å². The molecule has 0 unspecified atom stereocenters. The normalized spacial score (nSPS) is 10.4. The molecule has 0 radical (unpaired) electrons. The van der Waals surface area contributed by atoms with Crippen LogP contribution in [0.3, 0.4) is 0 Å². The maximum atomic E-state index is 5.19. The minimum Gasteiger partial charge on any atom is -0.385 e. The van der Waals surface area contributed by atoms with E-state index in [0.29, 0.717) is 0 Å². The van der Waals surface area contributed by atoms with Crippen molar-refractivity contribution in [2.75, 3.05) is 26.8 Å². The van der Waals surface area contributed by atoms with Crippen molar-refractivity contribution in [3.8, 4) is 0 Å². The molecule has 2 N–H and O–H groups in total. The molecule has 0 aliphatic rings. The van der Waals surface area contributed by atoms with E-state index in [1.54, 1.807) is 7.11 Å². The Morgan fingerprint density at radius 3 is 1.95 bits per heavy atom. The summed E-state index contributed by atoms with van der Waals surface area (Å²) in [6.07, 6.45) is 11.8. The molecule has 4 heteroatoms. The first kappa shape index (κ1) is 18.7. The van der Waals surface area contributed by atoms with E-state index in [1.165, 1.54) is 51.4 Å². The molecule has 19 heavy (non-hydrogen) atoms. The number of hydrogen-bond acceptors (Lipinski definition) is 2. The van der Waals surface area contributed by atoms with Gasteiger partial charge in [0.1, 0.15) is 0 Å². The molecule has 0 aromatic rings. The highest BCUT2D eigenvalue weighted by molar-refractivity contribution is 7.80. The minimum atomic E-state index is 0.777. The number of unbranched alkanes of at least 4 members (excludes halogenated alkanes) is 7. The molecule has 0 atom stereocenters. The molecule has 0 heterocycles. The van der Waals surface area contributed by atoms with Crippen LogP contribution in [0.2, 0.25) is 0 Å². The van der Waals surface area contributed by atoms with Crippen molar-refractivity contribution < 1.29 is 4.74 Å². The first-order valence-electron chi connectivity index (χ1n) is 7.82. The fraction of sp³-hybridized carbons (Fsp3) is 0.933. The lowest BCUT2D eigenvalue weighted by molar-refractivity contribution is 0.195. The Morgan fingerprint density at radius 2 is 1.37 bits per heavy atom. The monoisotopic (exact) mass is 288 g/mol. The standard InChI is InChI=1S/C15H32N2OS/c1-3-4-5-6-7-8-9-10-12-16-15(19)17-13-11-14-18-2/h3-14H2,1-2H3,(H2,16,17,19). The van der Waals surface area contributed by atoms with Gasteiger partial charge >= 0.3 is 0 Å². The van der Waals surface area contributed by atoms with Crippen LogP contribution in [0.1, 0.15) is 64.7 Å². The zero-order chi connectivity index (χ0) is 14.2. The number of ether oxygens (including phenoxy) is 1. The van der Waals surface area contributed by atoms with Gasteiger partial charge in [0.05, 0.1) is 0 Å². The van der Waals surface area contributed by atoms with Crippen molar-refractivity contribution >= 4 is 17.3 Å². The predicted octanol–water partition coefficient (Wildman–Crippen LogP) is 3.63. The summed E-state index contributed by atoms with van der Waals surface area (Å²) < 4.78 is 4.98. The highest BCUT2D eigenvalue weighted by Crippen LogP contribution is 2.07. The van der Waals surface area contributed by atoms with Crippen LogP contribution in [0.4, 0.5) is 0 Å². The van der Waals surface area contributed by atoms with Crippen LogP contribution < -0.4 is 10.6 Å². The van der Waals surface area contributed by atoms with E-state index in [2.05, 4.69) is 17.6 Å². The Labute approximate surface area is 124 Å². The van der Waals surface area contributed by atoms with E-state index in [9.17, 15) is 0 Å². The maximum absolute atomic E-state index is 5.19. The molecule has 0 aromatic heterocycles. The van der Waals surface area contributed by atoms with E-state index in [4.69, 9.17) is 17.0 Å². The molecule has 114 valence electrons. The Bertz CT molecular complexity index is 201. The largest absolute Gasteiger partial charge is 0.385 e. The summed E-state index contributed by atoms with van der Waals surface area (Å²) >= 11 is 5.19. The van der Waals surface area contributed by atoms with Gasteiger partial charge in [0.15, 0.2) is 5.11 Å². The molecule has 0 aromatic carbocycles. The highest BCUT2D eigenvalue weighted by atomic mass is 32.1. The zero-order valence-corrected chi connectivity index (χ0v) is 13.6. The molecular weight excluding hydrogens is 256 g/mol. The SMILES string of the molecule is CCCCCCCCCCNC(=S)NCCCOC. The zero-order valence-electron chi connectivity index (χ0n) is 12.8. The van der Waals surface area contributed by atoms with E-state index in [0.717, 1.165) is 31.2 Å². The highest BCUT2D eigenvalue weighted by Gasteiger charge is 1.95. The molecule has 0 aliphatic heterocycles. The van der Waals surface area contributed by atoms with Gasteiger partial charge in [-0.15, -0.1) is 0 Å². The molecule has 0 rings (SSSR count). The minimum absolute atomic E-state index is 0.777. The van der Waals surface area contributed by atoms with Gasteiger partial charge in [0, 0.05) is 26.8 Å². The summed E-state index contributed by atoms with van der Waals surface area (Å²) in [6.45, 7) is 4.92. The van der Waals surface area contributed by atoms with Gasteiger partial charge < -0.3 is 15.4 Å². The lowest BCUT2D eigenvalue weighted by atomic mass is 10.1. The molecule has 0 bridgehead atoms. The smallest absolute Gasteiger partial charge is 0.166 e.